The van der Waals surface area contributed by atoms with Gasteiger partial charge >= 0.3 is 0 Å². The summed E-state index contributed by atoms with van der Waals surface area (Å²) in [6.45, 7) is 1.79. The molecular weight excluding hydrogens is 485 g/mol. The zero-order valence-electron chi connectivity index (χ0n) is 20.5. The number of aromatic nitrogens is 6. The van der Waals surface area contributed by atoms with E-state index in [9.17, 15) is 9.18 Å². The highest BCUT2D eigenvalue weighted by Gasteiger charge is 2.16. The number of aromatic amines is 2. The number of anilines is 1. The molecule has 0 aliphatic carbocycles. The molecule has 0 unspecified atom stereocenters. The summed E-state index contributed by atoms with van der Waals surface area (Å²) in [7, 11) is 1.50. The van der Waals surface area contributed by atoms with Gasteiger partial charge in [-0.15, -0.1) is 0 Å². The first-order valence-electron chi connectivity index (χ1n) is 11.9. The number of rotatable bonds is 6. The van der Waals surface area contributed by atoms with Gasteiger partial charge in [0.15, 0.2) is 5.65 Å². The van der Waals surface area contributed by atoms with Crippen LogP contribution in [-0.4, -0.2) is 43.2 Å². The van der Waals surface area contributed by atoms with Crippen molar-refractivity contribution in [3.05, 3.63) is 73.1 Å². The lowest BCUT2D eigenvalue weighted by Gasteiger charge is -2.06. The minimum Gasteiger partial charge on any atom is -0.497 e. The second kappa shape index (κ2) is 9.40. The number of benzene rings is 1. The molecule has 0 fully saturated rings. The molecule has 0 bridgehead atoms. The van der Waals surface area contributed by atoms with E-state index in [4.69, 9.17) is 4.74 Å². The Balaban J connectivity index is 1.43. The molecule has 3 N–H and O–H groups in total. The van der Waals surface area contributed by atoms with E-state index in [1.807, 2.05) is 24.3 Å². The Labute approximate surface area is 216 Å². The summed E-state index contributed by atoms with van der Waals surface area (Å²) in [5, 5.41) is 12.0. The van der Waals surface area contributed by atoms with E-state index < -0.39 is 5.82 Å². The molecule has 188 valence electrons. The van der Waals surface area contributed by atoms with Gasteiger partial charge in [0.25, 0.3) is 0 Å². The molecule has 0 aliphatic heterocycles. The van der Waals surface area contributed by atoms with E-state index in [1.165, 1.54) is 19.2 Å². The summed E-state index contributed by atoms with van der Waals surface area (Å²) >= 11 is 0. The van der Waals surface area contributed by atoms with Crippen LogP contribution in [-0.2, 0) is 4.79 Å². The number of pyridine rings is 3. The van der Waals surface area contributed by atoms with Gasteiger partial charge in [0.2, 0.25) is 5.91 Å². The van der Waals surface area contributed by atoms with Gasteiger partial charge in [-0.05, 0) is 36.4 Å². The summed E-state index contributed by atoms with van der Waals surface area (Å²) in [6, 6.07) is 12.2. The van der Waals surface area contributed by atoms with Gasteiger partial charge in [-0.3, -0.25) is 19.9 Å². The summed E-state index contributed by atoms with van der Waals surface area (Å²) in [4.78, 5) is 28.5. The fourth-order valence-corrected chi connectivity index (χ4v) is 4.41. The maximum atomic E-state index is 14.2. The number of halogens is 1. The van der Waals surface area contributed by atoms with Crippen LogP contribution in [0.3, 0.4) is 0 Å². The highest BCUT2D eigenvalue weighted by atomic mass is 19.1. The highest BCUT2D eigenvalue weighted by molar-refractivity contribution is 6.00. The van der Waals surface area contributed by atoms with Crippen LogP contribution in [0.4, 0.5) is 10.1 Å². The van der Waals surface area contributed by atoms with Crippen LogP contribution >= 0.6 is 0 Å². The normalized spacial score (nSPS) is 11.2. The molecule has 5 aromatic heterocycles. The van der Waals surface area contributed by atoms with Crippen LogP contribution in [0.5, 0.6) is 5.75 Å². The molecule has 6 rings (SSSR count). The van der Waals surface area contributed by atoms with E-state index in [0.29, 0.717) is 40.5 Å². The largest absolute Gasteiger partial charge is 0.497 e. The lowest BCUT2D eigenvalue weighted by molar-refractivity contribution is -0.115. The summed E-state index contributed by atoms with van der Waals surface area (Å²) in [5.41, 5.74) is 6.37. The first-order valence-corrected chi connectivity index (χ1v) is 11.9. The number of carbonyl (C=O) groups excluding carboxylic acids is 1. The molecule has 38 heavy (non-hydrogen) atoms. The number of nitrogens with zero attached hydrogens (tertiary/aromatic N) is 4. The van der Waals surface area contributed by atoms with Crippen LogP contribution in [0.15, 0.2) is 67.3 Å². The van der Waals surface area contributed by atoms with Crippen molar-refractivity contribution < 1.29 is 13.9 Å². The molecule has 0 saturated carbocycles. The van der Waals surface area contributed by atoms with E-state index in [1.54, 1.807) is 37.8 Å². The van der Waals surface area contributed by atoms with Gasteiger partial charge < -0.3 is 15.0 Å². The number of fused-ring (bicyclic) bond motifs is 2. The third-order valence-electron chi connectivity index (χ3n) is 6.28. The van der Waals surface area contributed by atoms with Crippen LogP contribution < -0.4 is 10.1 Å². The lowest BCUT2D eigenvalue weighted by atomic mass is 10.1. The van der Waals surface area contributed by atoms with Crippen molar-refractivity contribution in [3.63, 3.8) is 0 Å². The van der Waals surface area contributed by atoms with Crippen molar-refractivity contribution >= 4 is 33.5 Å². The van der Waals surface area contributed by atoms with Crippen LogP contribution in [0.25, 0.3) is 55.7 Å². The standard InChI is InChI=1S/C28H22FN7O2/c1-3-25(37)33-19-7-16(12-30-14-19)17-9-22-27(35-36-28(22)32-13-17)24-11-21-23(34-24)4-5-31-26(21)15-6-18(29)10-20(8-15)38-2/h4-14,34H,3H2,1-2H3,(H,33,37)(H,32,35,36). The average Bonchev–Trinajstić information content (AvgIpc) is 3.56. The molecule has 5 heterocycles. The molecule has 1 aromatic carbocycles. The van der Waals surface area contributed by atoms with Crippen molar-refractivity contribution in [1.29, 1.82) is 0 Å². The fourth-order valence-electron chi connectivity index (χ4n) is 4.41. The van der Waals surface area contributed by atoms with Crippen molar-refractivity contribution in [2.45, 2.75) is 13.3 Å². The van der Waals surface area contributed by atoms with Crippen molar-refractivity contribution in [1.82, 2.24) is 30.1 Å². The number of carbonyl (C=O) groups is 1. The van der Waals surface area contributed by atoms with Gasteiger partial charge in [-0.25, -0.2) is 9.37 Å². The summed E-state index contributed by atoms with van der Waals surface area (Å²) in [6.07, 6.45) is 7.12. The van der Waals surface area contributed by atoms with Crippen molar-refractivity contribution in [3.8, 4) is 39.5 Å². The zero-order valence-corrected chi connectivity index (χ0v) is 20.5. The molecule has 0 atom stereocenters. The molecule has 0 aliphatic rings. The SMILES string of the molecule is CCC(=O)Nc1cncc(-c2cnc3[nH]nc(-c4cc5c(-c6cc(F)cc(OC)c6)nccc5[nH]4)c3c2)c1. The number of amides is 1. The van der Waals surface area contributed by atoms with Gasteiger partial charge in [-0.2, -0.15) is 5.10 Å². The summed E-state index contributed by atoms with van der Waals surface area (Å²) in [5.74, 6) is -0.0723. The third-order valence-corrected chi connectivity index (χ3v) is 6.28. The molecule has 0 radical (unpaired) electrons. The Kier molecular flexibility index (Phi) is 5.76. The first-order chi connectivity index (χ1) is 18.5. The fraction of sp³-hybridized carbons (Fsp3) is 0.107. The number of methoxy groups -OCH3 is 1. The monoisotopic (exact) mass is 507 g/mol. The molecule has 10 heteroatoms. The number of ether oxygens (including phenoxy) is 1. The molecule has 0 spiro atoms. The van der Waals surface area contributed by atoms with Crippen LogP contribution in [0.2, 0.25) is 0 Å². The van der Waals surface area contributed by atoms with Gasteiger partial charge in [0.05, 0.1) is 30.4 Å². The second-order valence-electron chi connectivity index (χ2n) is 8.74. The maximum Gasteiger partial charge on any atom is 0.224 e. The highest BCUT2D eigenvalue weighted by Crippen LogP contribution is 2.35. The number of H-pyrrole nitrogens is 2. The molecule has 1 amide bonds. The van der Waals surface area contributed by atoms with Crippen LogP contribution in [0.1, 0.15) is 13.3 Å². The first kappa shape index (κ1) is 23.3. The Morgan fingerprint density at radius 2 is 1.84 bits per heavy atom. The number of hydrogen-bond acceptors (Lipinski definition) is 6. The minimum atomic E-state index is -0.404. The minimum absolute atomic E-state index is 0.0843. The van der Waals surface area contributed by atoms with E-state index >= 15 is 0 Å². The predicted molar refractivity (Wildman–Crippen MR) is 143 cm³/mol. The Morgan fingerprint density at radius 3 is 2.68 bits per heavy atom. The quantitative estimate of drug-likeness (QED) is 0.265. The Morgan fingerprint density at radius 1 is 0.974 bits per heavy atom. The molecule has 6 aromatic rings. The van der Waals surface area contributed by atoms with E-state index in [2.05, 4.69) is 35.5 Å². The van der Waals surface area contributed by atoms with E-state index in [-0.39, 0.29) is 5.91 Å². The Hall–Kier alpha value is -5.12. The lowest BCUT2D eigenvalue weighted by Crippen LogP contribution is -2.09. The topological polar surface area (TPSA) is 121 Å². The molecule has 9 nitrogen and oxygen atoms in total. The van der Waals surface area contributed by atoms with E-state index in [0.717, 1.165) is 33.1 Å². The van der Waals surface area contributed by atoms with Crippen molar-refractivity contribution in [2.75, 3.05) is 12.4 Å². The smallest absolute Gasteiger partial charge is 0.224 e. The third kappa shape index (κ3) is 4.21. The molecule has 0 saturated heterocycles. The molecular formula is C28H22FN7O2. The van der Waals surface area contributed by atoms with Gasteiger partial charge in [-0.1, -0.05) is 6.92 Å². The average molecular weight is 508 g/mol. The maximum absolute atomic E-state index is 14.2. The van der Waals surface area contributed by atoms with Crippen molar-refractivity contribution in [2.24, 2.45) is 0 Å². The van der Waals surface area contributed by atoms with Gasteiger partial charge in [0.1, 0.15) is 17.3 Å². The van der Waals surface area contributed by atoms with Gasteiger partial charge in [0, 0.05) is 64.1 Å². The van der Waals surface area contributed by atoms with Crippen LogP contribution in [0, 0.1) is 5.82 Å². The predicted octanol–water partition coefficient (Wildman–Crippen LogP) is 5.73. The number of nitrogens with one attached hydrogen (secondary N) is 3. The second-order valence-corrected chi connectivity index (χ2v) is 8.74. The summed E-state index contributed by atoms with van der Waals surface area (Å²) < 4.78 is 19.5. The zero-order chi connectivity index (χ0) is 26.2. The Bertz CT molecular complexity index is 1830. The number of hydrogen-bond donors (Lipinski definition) is 3.